The van der Waals surface area contributed by atoms with Gasteiger partial charge in [-0.15, -0.1) is 0 Å². The molecule has 1 aliphatic heterocycles. The molecule has 19 heavy (non-hydrogen) atoms. The molecule has 1 amide bonds. The lowest BCUT2D eigenvalue weighted by atomic mass is 9.97. The molecule has 1 saturated heterocycles. The first-order chi connectivity index (χ1) is 9.04. The Morgan fingerprint density at radius 3 is 2.47 bits per heavy atom. The van der Waals surface area contributed by atoms with Crippen molar-refractivity contribution >= 4 is 6.09 Å². The van der Waals surface area contributed by atoms with Gasteiger partial charge in [0, 0.05) is 6.61 Å². The van der Waals surface area contributed by atoms with E-state index in [1.807, 2.05) is 0 Å². The largest absolute Gasteiger partial charge is 0.450 e. The monoisotopic (exact) mass is 279 g/mol. The average molecular weight is 279 g/mol. The minimum Gasteiger partial charge on any atom is -0.450 e. The lowest BCUT2D eigenvalue weighted by Crippen LogP contribution is -2.64. The van der Waals surface area contributed by atoms with Crippen LogP contribution in [-0.2, 0) is 14.2 Å². The average Bonchev–Trinajstić information content (AvgIpc) is 2.38. The smallest absolute Gasteiger partial charge is 0.407 e. The second kappa shape index (κ2) is 7.61. The highest BCUT2D eigenvalue weighted by Gasteiger charge is 2.45. The second-order valence-electron chi connectivity index (χ2n) is 4.05. The number of aliphatic hydroxyl groups excluding tert-OH is 3. The lowest BCUT2D eigenvalue weighted by molar-refractivity contribution is -0.268. The van der Waals surface area contributed by atoms with Gasteiger partial charge in [0.25, 0.3) is 0 Å². The molecule has 1 aliphatic rings. The Hall–Kier alpha value is -0.930. The van der Waals surface area contributed by atoms with Gasteiger partial charge in [-0.25, -0.2) is 4.79 Å². The summed E-state index contributed by atoms with van der Waals surface area (Å²) in [6.07, 6.45) is -5.33. The van der Waals surface area contributed by atoms with Crippen LogP contribution in [0.15, 0.2) is 0 Å². The summed E-state index contributed by atoms with van der Waals surface area (Å²) in [5.41, 5.74) is 0. The standard InChI is InChI=1S/C11H21NO7/c1-3-17-10-7(12-11(16)18-4-2)9(15)8(14)6(5-13)19-10/h6-10,13-15H,3-5H2,1-2H3,(H,12,16)/t6-,7+,8-,9+,10-/m1/s1. The topological polar surface area (TPSA) is 117 Å². The maximum absolute atomic E-state index is 11.4. The maximum atomic E-state index is 11.4. The fraction of sp³-hybridized carbons (Fsp3) is 0.909. The quantitative estimate of drug-likeness (QED) is 0.487. The minimum absolute atomic E-state index is 0.177. The van der Waals surface area contributed by atoms with Crippen molar-refractivity contribution in [2.45, 2.75) is 44.5 Å². The van der Waals surface area contributed by atoms with Crippen LogP contribution in [0.2, 0.25) is 0 Å². The van der Waals surface area contributed by atoms with E-state index in [-0.39, 0.29) is 13.2 Å². The van der Waals surface area contributed by atoms with Crippen LogP contribution in [-0.4, -0.2) is 71.9 Å². The third kappa shape index (κ3) is 4.02. The number of hydrogen-bond acceptors (Lipinski definition) is 7. The third-order valence-corrected chi connectivity index (χ3v) is 2.77. The Morgan fingerprint density at radius 2 is 1.95 bits per heavy atom. The molecule has 0 aromatic heterocycles. The van der Waals surface area contributed by atoms with Crippen LogP contribution in [0.5, 0.6) is 0 Å². The van der Waals surface area contributed by atoms with E-state index >= 15 is 0 Å². The molecule has 1 heterocycles. The van der Waals surface area contributed by atoms with Gasteiger partial charge in [-0.3, -0.25) is 0 Å². The van der Waals surface area contributed by atoms with Crippen molar-refractivity contribution in [2.24, 2.45) is 0 Å². The van der Waals surface area contributed by atoms with E-state index < -0.39 is 43.3 Å². The minimum atomic E-state index is -1.33. The van der Waals surface area contributed by atoms with E-state index in [4.69, 9.17) is 19.3 Å². The first kappa shape index (κ1) is 16.1. The maximum Gasteiger partial charge on any atom is 0.407 e. The zero-order valence-corrected chi connectivity index (χ0v) is 11.0. The van der Waals surface area contributed by atoms with Gasteiger partial charge in [0.2, 0.25) is 0 Å². The molecule has 112 valence electrons. The van der Waals surface area contributed by atoms with Gasteiger partial charge in [0.15, 0.2) is 6.29 Å². The normalized spacial score (nSPS) is 34.9. The number of rotatable bonds is 5. The van der Waals surface area contributed by atoms with Crippen LogP contribution in [0, 0.1) is 0 Å². The van der Waals surface area contributed by atoms with Crippen LogP contribution in [0.1, 0.15) is 13.8 Å². The summed E-state index contributed by atoms with van der Waals surface area (Å²) >= 11 is 0. The van der Waals surface area contributed by atoms with Crippen LogP contribution < -0.4 is 5.32 Å². The van der Waals surface area contributed by atoms with Gasteiger partial charge in [0.05, 0.1) is 13.2 Å². The van der Waals surface area contributed by atoms with Gasteiger partial charge >= 0.3 is 6.09 Å². The Labute approximate surface area is 111 Å². The van der Waals surface area contributed by atoms with Crippen LogP contribution >= 0.6 is 0 Å². The van der Waals surface area contributed by atoms with Crippen molar-refractivity contribution in [3.8, 4) is 0 Å². The Kier molecular flexibility index (Phi) is 6.46. The highest BCUT2D eigenvalue weighted by molar-refractivity contribution is 5.67. The second-order valence-corrected chi connectivity index (χ2v) is 4.05. The van der Waals surface area contributed by atoms with Crippen molar-refractivity contribution in [2.75, 3.05) is 19.8 Å². The molecule has 0 radical (unpaired) electrons. The van der Waals surface area contributed by atoms with E-state index in [9.17, 15) is 15.0 Å². The lowest BCUT2D eigenvalue weighted by Gasteiger charge is -2.41. The molecule has 4 N–H and O–H groups in total. The summed E-state index contributed by atoms with van der Waals surface area (Å²) in [7, 11) is 0. The molecule has 0 unspecified atom stereocenters. The number of hydrogen-bond donors (Lipinski definition) is 4. The van der Waals surface area contributed by atoms with E-state index in [1.165, 1.54) is 0 Å². The molecular formula is C11H21NO7. The highest BCUT2D eigenvalue weighted by Crippen LogP contribution is 2.22. The number of carbonyl (C=O) groups excluding carboxylic acids is 1. The SMILES string of the molecule is CCOC(=O)N[C@@H]1[C@H](OCC)O[C@H](CO)[C@@H](O)[C@H]1O. The van der Waals surface area contributed by atoms with Gasteiger partial charge in [0.1, 0.15) is 24.4 Å². The fourth-order valence-corrected chi connectivity index (χ4v) is 1.85. The first-order valence-electron chi connectivity index (χ1n) is 6.22. The number of alkyl carbamates (subject to hydrolysis) is 1. The Bertz CT molecular complexity index is 288. The molecule has 0 aromatic carbocycles. The summed E-state index contributed by atoms with van der Waals surface area (Å²) in [4.78, 5) is 11.4. The molecular weight excluding hydrogens is 258 g/mol. The predicted molar refractivity (Wildman–Crippen MR) is 63.3 cm³/mol. The fourth-order valence-electron chi connectivity index (χ4n) is 1.85. The number of amides is 1. The number of nitrogens with one attached hydrogen (secondary N) is 1. The molecule has 0 spiro atoms. The molecule has 8 nitrogen and oxygen atoms in total. The molecule has 0 aliphatic carbocycles. The van der Waals surface area contributed by atoms with Crippen molar-refractivity contribution in [1.29, 1.82) is 0 Å². The van der Waals surface area contributed by atoms with E-state index in [1.54, 1.807) is 13.8 Å². The molecule has 1 fully saturated rings. The molecule has 8 heteroatoms. The van der Waals surface area contributed by atoms with Crippen molar-refractivity contribution < 1.29 is 34.3 Å². The Morgan fingerprint density at radius 1 is 1.26 bits per heavy atom. The zero-order valence-electron chi connectivity index (χ0n) is 11.0. The predicted octanol–water partition coefficient (Wildman–Crippen LogP) is -1.42. The van der Waals surface area contributed by atoms with Crippen molar-refractivity contribution in [3.05, 3.63) is 0 Å². The van der Waals surface area contributed by atoms with E-state index in [0.29, 0.717) is 0 Å². The van der Waals surface area contributed by atoms with Crippen LogP contribution in [0.3, 0.4) is 0 Å². The van der Waals surface area contributed by atoms with Gasteiger partial charge in [-0.2, -0.15) is 0 Å². The molecule has 0 saturated carbocycles. The van der Waals surface area contributed by atoms with Crippen LogP contribution in [0.4, 0.5) is 4.79 Å². The molecule has 0 bridgehead atoms. The highest BCUT2D eigenvalue weighted by atomic mass is 16.7. The summed E-state index contributed by atoms with van der Waals surface area (Å²) in [5.74, 6) is 0. The number of carbonyl (C=O) groups is 1. The van der Waals surface area contributed by atoms with Gasteiger partial charge in [-0.05, 0) is 13.8 Å². The van der Waals surface area contributed by atoms with Gasteiger partial charge < -0.3 is 34.8 Å². The summed E-state index contributed by atoms with van der Waals surface area (Å²) < 4.78 is 15.3. The van der Waals surface area contributed by atoms with Gasteiger partial charge in [-0.1, -0.05) is 0 Å². The van der Waals surface area contributed by atoms with E-state index in [2.05, 4.69) is 5.32 Å². The summed E-state index contributed by atoms with van der Waals surface area (Å²) in [5, 5.41) is 31.1. The van der Waals surface area contributed by atoms with Crippen molar-refractivity contribution in [3.63, 3.8) is 0 Å². The molecule has 1 rings (SSSR count). The van der Waals surface area contributed by atoms with Crippen LogP contribution in [0.25, 0.3) is 0 Å². The zero-order chi connectivity index (χ0) is 14.4. The summed E-state index contributed by atoms with van der Waals surface area (Å²) in [6, 6.07) is -0.975. The first-order valence-corrected chi connectivity index (χ1v) is 6.22. The third-order valence-electron chi connectivity index (χ3n) is 2.77. The number of ether oxygens (including phenoxy) is 3. The van der Waals surface area contributed by atoms with Crippen molar-refractivity contribution in [1.82, 2.24) is 5.32 Å². The summed E-state index contributed by atoms with van der Waals surface area (Å²) in [6.45, 7) is 3.36. The Balaban J connectivity index is 2.75. The molecule has 5 atom stereocenters. The molecule has 0 aromatic rings. The number of aliphatic hydroxyl groups is 3. The van der Waals surface area contributed by atoms with E-state index in [0.717, 1.165) is 0 Å².